The van der Waals surface area contributed by atoms with E-state index in [-0.39, 0.29) is 23.5 Å². The van der Waals surface area contributed by atoms with Crippen molar-refractivity contribution in [3.8, 4) is 5.75 Å². The molecule has 2 unspecified atom stereocenters. The maximum absolute atomic E-state index is 12.3. The topological polar surface area (TPSA) is 72.5 Å². The molecule has 3 rings (SSSR count). The SMILES string of the molecule is CC(NC(=O)C1COc2ccc(S(=O)(=O)Cl)cc21)C1CC1. The van der Waals surface area contributed by atoms with E-state index in [0.29, 0.717) is 17.2 Å². The summed E-state index contributed by atoms with van der Waals surface area (Å²) in [5.74, 6) is 0.487. The molecule has 0 radical (unpaired) electrons. The van der Waals surface area contributed by atoms with E-state index in [1.165, 1.54) is 12.1 Å². The van der Waals surface area contributed by atoms with Crippen molar-refractivity contribution in [2.45, 2.75) is 36.6 Å². The summed E-state index contributed by atoms with van der Waals surface area (Å²) >= 11 is 0. The average Bonchev–Trinajstić information content (AvgIpc) is 3.16. The van der Waals surface area contributed by atoms with Crippen molar-refractivity contribution in [2.24, 2.45) is 5.92 Å². The molecule has 1 fully saturated rings. The van der Waals surface area contributed by atoms with Crippen LogP contribution in [0.15, 0.2) is 23.1 Å². The number of hydrogen-bond donors (Lipinski definition) is 1. The zero-order chi connectivity index (χ0) is 15.2. The molecule has 1 amide bonds. The van der Waals surface area contributed by atoms with E-state index in [1.54, 1.807) is 6.07 Å². The van der Waals surface area contributed by atoms with Crippen LogP contribution in [0.2, 0.25) is 0 Å². The molecule has 2 atom stereocenters. The third-order valence-corrected chi connectivity index (χ3v) is 5.41. The van der Waals surface area contributed by atoms with Gasteiger partial charge in [-0.2, -0.15) is 0 Å². The fraction of sp³-hybridized carbons (Fsp3) is 0.500. The van der Waals surface area contributed by atoms with Gasteiger partial charge >= 0.3 is 0 Å². The van der Waals surface area contributed by atoms with Gasteiger partial charge in [-0.1, -0.05) is 0 Å². The number of benzene rings is 1. The summed E-state index contributed by atoms with van der Waals surface area (Å²) in [6.45, 7) is 2.22. The Labute approximate surface area is 128 Å². The Balaban J connectivity index is 1.83. The Hall–Kier alpha value is -1.27. The minimum absolute atomic E-state index is 0.0125. The third-order valence-electron chi connectivity index (χ3n) is 4.06. The standard InChI is InChI=1S/C14H16ClNO4S/c1-8(9-2-3-9)16-14(17)12-7-20-13-5-4-10(6-11(12)13)21(15,18)19/h4-6,8-9,12H,2-3,7H2,1H3,(H,16,17). The maximum Gasteiger partial charge on any atom is 0.261 e. The van der Waals surface area contributed by atoms with Crippen molar-refractivity contribution in [1.29, 1.82) is 0 Å². The van der Waals surface area contributed by atoms with Crippen molar-refractivity contribution in [2.75, 3.05) is 6.61 Å². The predicted octanol–water partition coefficient (Wildman–Crippen LogP) is 2.00. The molecule has 1 saturated carbocycles. The van der Waals surface area contributed by atoms with Crippen LogP contribution in [0.3, 0.4) is 0 Å². The fourth-order valence-electron chi connectivity index (χ4n) is 2.60. The van der Waals surface area contributed by atoms with E-state index in [2.05, 4.69) is 5.32 Å². The van der Waals surface area contributed by atoms with Gasteiger partial charge in [-0.15, -0.1) is 0 Å². The molecule has 2 aliphatic rings. The van der Waals surface area contributed by atoms with Gasteiger partial charge < -0.3 is 10.1 Å². The molecule has 1 aliphatic carbocycles. The number of carbonyl (C=O) groups is 1. The van der Waals surface area contributed by atoms with Crippen molar-refractivity contribution in [3.63, 3.8) is 0 Å². The van der Waals surface area contributed by atoms with Crippen molar-refractivity contribution in [3.05, 3.63) is 23.8 Å². The van der Waals surface area contributed by atoms with Gasteiger partial charge in [-0.3, -0.25) is 4.79 Å². The molecule has 1 aromatic rings. The molecule has 0 spiro atoms. The summed E-state index contributed by atoms with van der Waals surface area (Å²) < 4.78 is 28.3. The second-order valence-corrected chi connectivity index (χ2v) is 8.20. The molecular formula is C14H16ClNO4S. The highest BCUT2D eigenvalue weighted by atomic mass is 35.7. The van der Waals surface area contributed by atoms with Gasteiger partial charge in [0.25, 0.3) is 9.05 Å². The molecule has 5 nitrogen and oxygen atoms in total. The maximum atomic E-state index is 12.3. The number of fused-ring (bicyclic) bond motifs is 1. The van der Waals surface area contributed by atoms with E-state index in [4.69, 9.17) is 15.4 Å². The molecule has 0 saturated heterocycles. The van der Waals surface area contributed by atoms with Gasteiger partial charge in [-0.05, 0) is 43.9 Å². The van der Waals surface area contributed by atoms with Gasteiger partial charge in [0.1, 0.15) is 18.3 Å². The summed E-state index contributed by atoms with van der Waals surface area (Å²) in [6.07, 6.45) is 2.29. The molecule has 114 valence electrons. The minimum Gasteiger partial charge on any atom is -0.492 e. The first-order chi connectivity index (χ1) is 9.86. The van der Waals surface area contributed by atoms with Crippen molar-refractivity contribution < 1.29 is 17.9 Å². The normalized spacial score (nSPS) is 22.3. The van der Waals surface area contributed by atoms with Crippen molar-refractivity contribution >= 4 is 25.6 Å². The van der Waals surface area contributed by atoms with Crippen LogP contribution in [-0.2, 0) is 13.8 Å². The number of carbonyl (C=O) groups excluding carboxylic acids is 1. The molecule has 1 heterocycles. The fourth-order valence-corrected chi connectivity index (χ4v) is 3.39. The van der Waals surface area contributed by atoms with Gasteiger partial charge in [0, 0.05) is 22.3 Å². The molecule has 1 N–H and O–H groups in total. The van der Waals surface area contributed by atoms with Crippen LogP contribution in [0, 0.1) is 5.92 Å². The molecule has 21 heavy (non-hydrogen) atoms. The van der Waals surface area contributed by atoms with Crippen LogP contribution >= 0.6 is 10.7 Å². The highest BCUT2D eigenvalue weighted by molar-refractivity contribution is 8.13. The average molecular weight is 330 g/mol. The lowest BCUT2D eigenvalue weighted by Crippen LogP contribution is -2.38. The smallest absolute Gasteiger partial charge is 0.261 e. The minimum atomic E-state index is -3.82. The number of halogens is 1. The molecule has 1 aromatic carbocycles. The first-order valence-corrected chi connectivity index (χ1v) is 9.19. The summed E-state index contributed by atoms with van der Waals surface area (Å²) in [6, 6.07) is 4.49. The largest absolute Gasteiger partial charge is 0.492 e. The highest BCUT2D eigenvalue weighted by Gasteiger charge is 2.35. The summed E-state index contributed by atoms with van der Waals surface area (Å²) in [4.78, 5) is 12.3. The summed E-state index contributed by atoms with van der Waals surface area (Å²) in [7, 11) is 1.54. The first-order valence-electron chi connectivity index (χ1n) is 6.88. The lowest BCUT2D eigenvalue weighted by Gasteiger charge is -2.16. The summed E-state index contributed by atoms with van der Waals surface area (Å²) in [5, 5.41) is 2.98. The Morgan fingerprint density at radius 1 is 1.43 bits per heavy atom. The molecule has 0 bridgehead atoms. The van der Waals surface area contributed by atoms with Crippen LogP contribution in [0.25, 0.3) is 0 Å². The van der Waals surface area contributed by atoms with Gasteiger partial charge in [0.2, 0.25) is 5.91 Å². The second kappa shape index (κ2) is 5.18. The third kappa shape index (κ3) is 3.01. The monoisotopic (exact) mass is 329 g/mol. The Kier molecular flexibility index (Phi) is 3.61. The zero-order valence-electron chi connectivity index (χ0n) is 11.5. The van der Waals surface area contributed by atoms with Crippen molar-refractivity contribution in [1.82, 2.24) is 5.32 Å². The Morgan fingerprint density at radius 2 is 2.14 bits per heavy atom. The number of hydrogen-bond acceptors (Lipinski definition) is 4. The van der Waals surface area contributed by atoms with Crippen LogP contribution in [0.5, 0.6) is 5.75 Å². The predicted molar refractivity (Wildman–Crippen MR) is 78.0 cm³/mol. The van der Waals surface area contributed by atoms with Gasteiger partial charge in [-0.25, -0.2) is 8.42 Å². The van der Waals surface area contributed by atoms with E-state index < -0.39 is 15.0 Å². The molecule has 7 heteroatoms. The van der Waals surface area contributed by atoms with Crippen LogP contribution in [0.1, 0.15) is 31.2 Å². The molecule has 0 aromatic heterocycles. The quantitative estimate of drug-likeness (QED) is 0.858. The number of rotatable bonds is 4. The van der Waals surface area contributed by atoms with E-state index in [1.807, 2.05) is 6.92 Å². The highest BCUT2D eigenvalue weighted by Crippen LogP contribution is 2.37. The zero-order valence-corrected chi connectivity index (χ0v) is 13.1. The number of ether oxygens (including phenoxy) is 1. The van der Waals surface area contributed by atoms with Crippen LogP contribution < -0.4 is 10.1 Å². The van der Waals surface area contributed by atoms with Crippen LogP contribution in [0.4, 0.5) is 0 Å². The Bertz CT molecular complexity index is 684. The van der Waals surface area contributed by atoms with E-state index >= 15 is 0 Å². The molecule has 1 aliphatic heterocycles. The van der Waals surface area contributed by atoms with E-state index in [9.17, 15) is 13.2 Å². The number of nitrogens with one attached hydrogen (secondary N) is 1. The lowest BCUT2D eigenvalue weighted by molar-refractivity contribution is -0.123. The van der Waals surface area contributed by atoms with Crippen LogP contribution in [-0.4, -0.2) is 27.0 Å². The Morgan fingerprint density at radius 3 is 2.76 bits per heavy atom. The lowest BCUT2D eigenvalue weighted by atomic mass is 10.00. The van der Waals surface area contributed by atoms with Gasteiger partial charge in [0.05, 0.1) is 4.90 Å². The second-order valence-electron chi connectivity index (χ2n) is 5.64. The van der Waals surface area contributed by atoms with Gasteiger partial charge in [0.15, 0.2) is 0 Å². The van der Waals surface area contributed by atoms with E-state index in [0.717, 1.165) is 12.8 Å². The number of amides is 1. The summed E-state index contributed by atoms with van der Waals surface area (Å²) in [5.41, 5.74) is 0.581. The molecular weight excluding hydrogens is 314 g/mol. The first kappa shape index (κ1) is 14.7.